The maximum absolute atomic E-state index is 12.4. The molecule has 2 N–H and O–H groups in total. The van der Waals surface area contributed by atoms with Crippen LogP contribution in [0, 0.1) is 0 Å². The van der Waals surface area contributed by atoms with E-state index in [0.29, 0.717) is 12.1 Å². The number of hydrogen-bond acceptors (Lipinski definition) is 5. The van der Waals surface area contributed by atoms with Crippen molar-refractivity contribution in [3.05, 3.63) is 53.9 Å². The minimum Gasteiger partial charge on any atom is -0.399 e. The van der Waals surface area contributed by atoms with E-state index in [1.54, 1.807) is 18.3 Å². The summed E-state index contributed by atoms with van der Waals surface area (Å²) in [5.74, 6) is -0.534. The zero-order valence-electron chi connectivity index (χ0n) is 11.1. The maximum atomic E-state index is 12.4. The molecule has 6 nitrogen and oxygen atoms in total. The summed E-state index contributed by atoms with van der Waals surface area (Å²) in [5, 5.41) is 0. The first-order valence-electron chi connectivity index (χ1n) is 6.36. The fraction of sp³-hybridized carbons (Fsp3) is 0.143. The highest BCUT2D eigenvalue weighted by Gasteiger charge is 2.40. The van der Waals surface area contributed by atoms with Crippen LogP contribution in [0.5, 0.6) is 0 Å². The van der Waals surface area contributed by atoms with Gasteiger partial charge in [-0.1, -0.05) is 6.07 Å². The van der Waals surface area contributed by atoms with Crippen LogP contribution in [-0.4, -0.2) is 30.2 Å². The number of hydrogen-bond donors (Lipinski definition) is 1. The normalized spacial score (nSPS) is 16.0. The fourth-order valence-electron chi connectivity index (χ4n) is 2.29. The summed E-state index contributed by atoms with van der Waals surface area (Å²) < 4.78 is 25.6. The van der Waals surface area contributed by atoms with Gasteiger partial charge in [0.05, 0.1) is 5.56 Å². The molecule has 108 valence electrons. The van der Waals surface area contributed by atoms with Gasteiger partial charge in [0.1, 0.15) is 4.90 Å². The standard InChI is InChI=1S/C14H13N3O3S/c15-10-4-5-13-12(9-10)14(18)17(21(13,19)20)8-6-11-3-1-2-7-16-11/h1-5,7,9H,6,8,15H2. The van der Waals surface area contributed by atoms with E-state index in [0.717, 1.165) is 10.00 Å². The average molecular weight is 303 g/mol. The Balaban J connectivity index is 1.90. The summed E-state index contributed by atoms with van der Waals surface area (Å²) in [6, 6.07) is 9.64. The van der Waals surface area contributed by atoms with Crippen LogP contribution in [0.3, 0.4) is 0 Å². The van der Waals surface area contributed by atoms with Crippen LogP contribution in [0.2, 0.25) is 0 Å². The lowest BCUT2D eigenvalue weighted by Gasteiger charge is -2.14. The summed E-state index contributed by atoms with van der Waals surface area (Å²) in [7, 11) is -3.78. The molecule has 21 heavy (non-hydrogen) atoms. The lowest BCUT2D eigenvalue weighted by atomic mass is 10.2. The van der Waals surface area contributed by atoms with Crippen molar-refractivity contribution in [2.24, 2.45) is 0 Å². The predicted octanol–water partition coefficient (Wildman–Crippen LogP) is 1.05. The molecule has 2 heterocycles. The zero-order chi connectivity index (χ0) is 15.0. The van der Waals surface area contributed by atoms with Crippen molar-refractivity contribution in [2.75, 3.05) is 12.3 Å². The molecule has 0 bridgehead atoms. The molecule has 1 aliphatic heterocycles. The number of nitrogens with two attached hydrogens (primary N) is 1. The number of nitrogens with zero attached hydrogens (tertiary/aromatic N) is 2. The number of aromatic nitrogens is 1. The fourth-order valence-corrected chi connectivity index (χ4v) is 3.84. The molecule has 1 amide bonds. The van der Waals surface area contributed by atoms with Crippen molar-refractivity contribution in [1.29, 1.82) is 0 Å². The Hall–Kier alpha value is -2.41. The summed E-state index contributed by atoms with van der Waals surface area (Å²) in [5.41, 5.74) is 6.85. The van der Waals surface area contributed by atoms with Crippen LogP contribution in [0.1, 0.15) is 16.1 Å². The van der Waals surface area contributed by atoms with Crippen LogP contribution in [0.4, 0.5) is 5.69 Å². The van der Waals surface area contributed by atoms with E-state index in [9.17, 15) is 13.2 Å². The number of benzene rings is 1. The second-order valence-corrected chi connectivity index (χ2v) is 6.54. The highest BCUT2D eigenvalue weighted by atomic mass is 32.2. The summed E-state index contributed by atoms with van der Waals surface area (Å²) in [6.07, 6.45) is 2.00. The Morgan fingerprint density at radius 1 is 1.19 bits per heavy atom. The first-order chi connectivity index (χ1) is 10.00. The van der Waals surface area contributed by atoms with Crippen molar-refractivity contribution in [1.82, 2.24) is 9.29 Å². The third-order valence-corrected chi connectivity index (χ3v) is 5.17. The third-order valence-electron chi connectivity index (χ3n) is 3.33. The molecule has 1 aliphatic rings. The van der Waals surface area contributed by atoms with E-state index < -0.39 is 15.9 Å². The van der Waals surface area contributed by atoms with Crippen LogP contribution in [-0.2, 0) is 16.4 Å². The van der Waals surface area contributed by atoms with Crippen molar-refractivity contribution < 1.29 is 13.2 Å². The molecule has 0 unspecified atom stereocenters. The zero-order valence-corrected chi connectivity index (χ0v) is 11.9. The Bertz CT molecular complexity index is 803. The van der Waals surface area contributed by atoms with Crippen LogP contribution >= 0.6 is 0 Å². The molecule has 0 saturated heterocycles. The van der Waals surface area contributed by atoms with Crippen LogP contribution in [0.25, 0.3) is 0 Å². The highest BCUT2D eigenvalue weighted by molar-refractivity contribution is 7.90. The molecule has 3 rings (SSSR count). The number of rotatable bonds is 3. The molecular formula is C14H13N3O3S. The lowest BCUT2D eigenvalue weighted by molar-refractivity contribution is 0.0872. The second kappa shape index (κ2) is 4.85. The quantitative estimate of drug-likeness (QED) is 0.855. The lowest BCUT2D eigenvalue weighted by Crippen LogP contribution is -2.32. The topological polar surface area (TPSA) is 93.4 Å². The highest BCUT2D eigenvalue weighted by Crippen LogP contribution is 2.31. The number of fused-ring (bicyclic) bond motifs is 1. The number of carbonyl (C=O) groups excluding carboxylic acids is 1. The van der Waals surface area contributed by atoms with Gasteiger partial charge in [0, 0.05) is 30.5 Å². The van der Waals surface area contributed by atoms with Gasteiger partial charge in [-0.05, 0) is 30.3 Å². The average Bonchev–Trinajstić information content (AvgIpc) is 2.65. The largest absolute Gasteiger partial charge is 0.399 e. The molecule has 0 spiro atoms. The molecule has 2 aromatic rings. The van der Waals surface area contributed by atoms with Gasteiger partial charge in [0.2, 0.25) is 0 Å². The Morgan fingerprint density at radius 3 is 2.71 bits per heavy atom. The van der Waals surface area contributed by atoms with E-state index in [-0.39, 0.29) is 17.0 Å². The van der Waals surface area contributed by atoms with Gasteiger partial charge in [0.15, 0.2) is 0 Å². The molecule has 0 fully saturated rings. The molecule has 0 saturated carbocycles. The van der Waals surface area contributed by atoms with E-state index in [1.165, 1.54) is 18.2 Å². The smallest absolute Gasteiger partial charge is 0.269 e. The molecule has 1 aromatic heterocycles. The Morgan fingerprint density at radius 2 is 2.00 bits per heavy atom. The Labute approximate surface area is 122 Å². The van der Waals surface area contributed by atoms with Gasteiger partial charge in [-0.25, -0.2) is 12.7 Å². The minimum absolute atomic E-state index is 0.0164. The number of amides is 1. The van der Waals surface area contributed by atoms with Gasteiger partial charge >= 0.3 is 0 Å². The summed E-state index contributed by atoms with van der Waals surface area (Å²) in [4.78, 5) is 16.4. The monoisotopic (exact) mass is 303 g/mol. The number of pyridine rings is 1. The molecule has 0 radical (unpaired) electrons. The molecule has 7 heteroatoms. The molecule has 0 atom stereocenters. The summed E-state index contributed by atoms with van der Waals surface area (Å²) >= 11 is 0. The number of sulfonamides is 1. The third kappa shape index (κ3) is 2.25. The minimum atomic E-state index is -3.78. The number of anilines is 1. The van der Waals surface area contributed by atoms with Gasteiger partial charge in [-0.15, -0.1) is 0 Å². The molecular weight excluding hydrogens is 290 g/mol. The van der Waals surface area contributed by atoms with Crippen molar-refractivity contribution >= 4 is 21.6 Å². The van der Waals surface area contributed by atoms with E-state index in [4.69, 9.17) is 5.73 Å². The maximum Gasteiger partial charge on any atom is 0.269 e. The number of nitrogen functional groups attached to an aromatic ring is 1. The van der Waals surface area contributed by atoms with Gasteiger partial charge in [0.25, 0.3) is 15.9 Å². The molecule has 1 aromatic carbocycles. The first-order valence-corrected chi connectivity index (χ1v) is 7.80. The van der Waals surface area contributed by atoms with Gasteiger partial charge in [-0.3, -0.25) is 9.78 Å². The first kappa shape index (κ1) is 13.6. The van der Waals surface area contributed by atoms with E-state index in [2.05, 4.69) is 4.98 Å². The number of carbonyl (C=O) groups is 1. The van der Waals surface area contributed by atoms with Crippen molar-refractivity contribution in [2.45, 2.75) is 11.3 Å². The van der Waals surface area contributed by atoms with Crippen molar-refractivity contribution in [3.63, 3.8) is 0 Å². The second-order valence-electron chi connectivity index (χ2n) is 4.71. The SMILES string of the molecule is Nc1ccc2c(c1)C(=O)N(CCc1ccccn1)S2(=O)=O. The van der Waals surface area contributed by atoms with Gasteiger partial charge in [-0.2, -0.15) is 0 Å². The van der Waals surface area contributed by atoms with E-state index >= 15 is 0 Å². The van der Waals surface area contributed by atoms with Gasteiger partial charge < -0.3 is 5.73 Å². The van der Waals surface area contributed by atoms with Crippen LogP contribution < -0.4 is 5.73 Å². The molecule has 0 aliphatic carbocycles. The van der Waals surface area contributed by atoms with E-state index in [1.807, 2.05) is 6.07 Å². The summed E-state index contributed by atoms with van der Waals surface area (Å²) in [6.45, 7) is 0.0623. The Kier molecular flexibility index (Phi) is 3.13. The van der Waals surface area contributed by atoms with Crippen molar-refractivity contribution in [3.8, 4) is 0 Å². The van der Waals surface area contributed by atoms with Crippen LogP contribution in [0.15, 0.2) is 47.5 Å². The predicted molar refractivity (Wildman–Crippen MR) is 77.0 cm³/mol.